The van der Waals surface area contributed by atoms with Gasteiger partial charge in [-0.25, -0.2) is 12.8 Å². The van der Waals surface area contributed by atoms with E-state index in [4.69, 9.17) is 0 Å². The van der Waals surface area contributed by atoms with Gasteiger partial charge in [0.15, 0.2) is 0 Å². The average Bonchev–Trinajstić information content (AvgIpc) is 2.77. The molecule has 0 spiro atoms. The van der Waals surface area contributed by atoms with Crippen LogP contribution < -0.4 is 4.90 Å². The standard InChI is InChI=1S/C21H23F4N3O3S/c1-2-28(32(30,31)19-8-6-17(22)7-9-19)15-20(29)27-12-10-26(11-13-27)18-5-3-4-16(14-18)21(23,24)25/h3-9,14H,2,10-13,15H2,1H3. The molecule has 1 aliphatic heterocycles. The third-order valence-electron chi connectivity index (χ3n) is 5.29. The molecule has 0 radical (unpaired) electrons. The molecule has 2 aromatic rings. The summed E-state index contributed by atoms with van der Waals surface area (Å²) in [6, 6.07) is 9.37. The van der Waals surface area contributed by atoms with Gasteiger partial charge in [-0.3, -0.25) is 4.79 Å². The van der Waals surface area contributed by atoms with Crippen LogP contribution in [0.25, 0.3) is 0 Å². The van der Waals surface area contributed by atoms with Crippen molar-refractivity contribution in [2.45, 2.75) is 18.0 Å². The molecule has 11 heteroatoms. The van der Waals surface area contributed by atoms with Crippen molar-refractivity contribution in [2.75, 3.05) is 44.2 Å². The van der Waals surface area contributed by atoms with Crippen LogP contribution in [0.2, 0.25) is 0 Å². The minimum atomic E-state index is -4.44. The minimum absolute atomic E-state index is 0.0512. The van der Waals surface area contributed by atoms with E-state index >= 15 is 0 Å². The Balaban J connectivity index is 1.63. The van der Waals surface area contributed by atoms with Crippen molar-refractivity contribution >= 4 is 21.6 Å². The maximum atomic E-state index is 13.1. The van der Waals surface area contributed by atoms with E-state index in [9.17, 15) is 30.8 Å². The molecule has 0 N–H and O–H groups in total. The van der Waals surface area contributed by atoms with Gasteiger partial charge in [0, 0.05) is 38.4 Å². The Labute approximate surface area is 184 Å². The van der Waals surface area contributed by atoms with E-state index in [0.29, 0.717) is 18.8 Å². The Hall–Kier alpha value is -2.66. The first-order valence-corrected chi connectivity index (χ1v) is 11.4. The van der Waals surface area contributed by atoms with Crippen LogP contribution in [0, 0.1) is 5.82 Å². The summed E-state index contributed by atoms with van der Waals surface area (Å²) in [6.45, 7) is 2.43. The third-order valence-corrected chi connectivity index (χ3v) is 7.22. The summed E-state index contributed by atoms with van der Waals surface area (Å²) in [5.41, 5.74) is -0.320. The number of likely N-dealkylation sites (N-methyl/N-ethyl adjacent to an activating group) is 1. The second-order valence-electron chi connectivity index (χ2n) is 7.30. The summed E-state index contributed by atoms with van der Waals surface area (Å²) in [5, 5.41) is 0. The zero-order valence-electron chi connectivity index (χ0n) is 17.3. The smallest absolute Gasteiger partial charge is 0.368 e. The molecule has 0 unspecified atom stereocenters. The quantitative estimate of drug-likeness (QED) is 0.605. The first kappa shape index (κ1) is 24.0. The monoisotopic (exact) mass is 473 g/mol. The van der Waals surface area contributed by atoms with Crippen molar-refractivity contribution in [3.05, 3.63) is 59.9 Å². The molecule has 0 aromatic heterocycles. The van der Waals surface area contributed by atoms with Gasteiger partial charge in [-0.05, 0) is 42.5 Å². The van der Waals surface area contributed by atoms with Crippen molar-refractivity contribution in [1.29, 1.82) is 0 Å². The molecule has 1 amide bonds. The summed E-state index contributed by atoms with van der Waals surface area (Å²) in [7, 11) is -3.97. The maximum Gasteiger partial charge on any atom is 0.416 e. The van der Waals surface area contributed by atoms with Crippen LogP contribution in [0.3, 0.4) is 0 Å². The molecule has 3 rings (SSSR count). The predicted molar refractivity (Wildman–Crippen MR) is 111 cm³/mol. The minimum Gasteiger partial charge on any atom is -0.368 e. The van der Waals surface area contributed by atoms with Gasteiger partial charge in [-0.2, -0.15) is 17.5 Å². The number of alkyl halides is 3. The van der Waals surface area contributed by atoms with E-state index in [1.807, 2.05) is 0 Å². The van der Waals surface area contributed by atoms with E-state index in [0.717, 1.165) is 40.7 Å². The fraction of sp³-hybridized carbons (Fsp3) is 0.381. The summed E-state index contributed by atoms with van der Waals surface area (Å²) in [6.07, 6.45) is -4.44. The van der Waals surface area contributed by atoms with Gasteiger partial charge in [0.2, 0.25) is 15.9 Å². The van der Waals surface area contributed by atoms with Crippen LogP contribution in [-0.4, -0.2) is 62.8 Å². The summed E-state index contributed by atoms with van der Waals surface area (Å²) in [4.78, 5) is 15.9. The Kier molecular flexibility index (Phi) is 7.09. The van der Waals surface area contributed by atoms with Crippen LogP contribution in [0.4, 0.5) is 23.2 Å². The first-order valence-electron chi connectivity index (χ1n) is 9.98. The lowest BCUT2D eigenvalue weighted by atomic mass is 10.1. The van der Waals surface area contributed by atoms with Gasteiger partial charge in [0.05, 0.1) is 17.0 Å². The number of carbonyl (C=O) groups is 1. The van der Waals surface area contributed by atoms with Crippen molar-refractivity contribution in [1.82, 2.24) is 9.21 Å². The number of carbonyl (C=O) groups excluding carboxylic acids is 1. The van der Waals surface area contributed by atoms with E-state index < -0.39 is 33.5 Å². The van der Waals surface area contributed by atoms with Gasteiger partial charge in [-0.15, -0.1) is 0 Å². The molecule has 32 heavy (non-hydrogen) atoms. The highest BCUT2D eigenvalue weighted by molar-refractivity contribution is 7.89. The molecule has 0 saturated carbocycles. The molecule has 1 aliphatic rings. The highest BCUT2D eigenvalue weighted by Gasteiger charge is 2.32. The fourth-order valence-electron chi connectivity index (χ4n) is 3.47. The molecular weight excluding hydrogens is 450 g/mol. The van der Waals surface area contributed by atoms with E-state index in [1.54, 1.807) is 17.9 Å². The number of anilines is 1. The highest BCUT2D eigenvalue weighted by atomic mass is 32.2. The SMILES string of the molecule is CCN(CC(=O)N1CCN(c2cccc(C(F)(F)F)c2)CC1)S(=O)(=O)c1ccc(F)cc1. The molecule has 0 atom stereocenters. The van der Waals surface area contributed by atoms with Crippen LogP contribution in [0.15, 0.2) is 53.4 Å². The van der Waals surface area contributed by atoms with Crippen molar-refractivity contribution in [2.24, 2.45) is 0 Å². The molecular formula is C21H23F4N3O3S. The number of sulfonamides is 1. The lowest BCUT2D eigenvalue weighted by molar-refractivity contribution is -0.137. The first-order chi connectivity index (χ1) is 15.0. The zero-order chi connectivity index (χ0) is 23.5. The number of benzene rings is 2. The molecule has 1 fully saturated rings. The van der Waals surface area contributed by atoms with Crippen LogP contribution in [0.1, 0.15) is 12.5 Å². The van der Waals surface area contributed by atoms with Crippen LogP contribution >= 0.6 is 0 Å². The molecule has 6 nitrogen and oxygen atoms in total. The lowest BCUT2D eigenvalue weighted by Gasteiger charge is -2.37. The molecule has 1 heterocycles. The van der Waals surface area contributed by atoms with Gasteiger partial charge in [0.25, 0.3) is 0 Å². The third kappa shape index (κ3) is 5.39. The Morgan fingerprint density at radius 1 is 1.03 bits per heavy atom. The normalized spacial score (nSPS) is 15.3. The van der Waals surface area contributed by atoms with Gasteiger partial charge in [-0.1, -0.05) is 13.0 Å². The second kappa shape index (κ2) is 9.45. The Morgan fingerprint density at radius 3 is 2.22 bits per heavy atom. The number of rotatable bonds is 6. The van der Waals surface area contributed by atoms with Crippen LogP contribution in [0.5, 0.6) is 0 Å². The van der Waals surface area contributed by atoms with Crippen LogP contribution in [-0.2, 0) is 21.0 Å². The fourth-order valence-corrected chi connectivity index (χ4v) is 4.86. The predicted octanol–water partition coefficient (Wildman–Crippen LogP) is 3.20. The molecule has 1 saturated heterocycles. The van der Waals surface area contributed by atoms with Crippen molar-refractivity contribution in [3.8, 4) is 0 Å². The summed E-state index contributed by atoms with van der Waals surface area (Å²) < 4.78 is 78.5. The van der Waals surface area contributed by atoms with Crippen molar-refractivity contribution < 1.29 is 30.8 Å². The summed E-state index contributed by atoms with van der Waals surface area (Å²) in [5.74, 6) is -0.969. The van der Waals surface area contributed by atoms with E-state index in [-0.39, 0.29) is 31.1 Å². The number of hydrogen-bond donors (Lipinski definition) is 0. The average molecular weight is 473 g/mol. The Bertz CT molecular complexity index is 1050. The van der Waals surface area contributed by atoms with E-state index in [2.05, 4.69) is 0 Å². The molecule has 2 aromatic carbocycles. The second-order valence-corrected chi connectivity index (χ2v) is 9.24. The topological polar surface area (TPSA) is 60.9 Å². The van der Waals surface area contributed by atoms with Gasteiger partial charge >= 0.3 is 6.18 Å². The van der Waals surface area contributed by atoms with Gasteiger partial charge < -0.3 is 9.80 Å². The number of piperazine rings is 1. The number of halogens is 4. The Morgan fingerprint density at radius 2 is 1.66 bits per heavy atom. The number of hydrogen-bond acceptors (Lipinski definition) is 4. The number of nitrogens with zero attached hydrogens (tertiary/aromatic N) is 3. The molecule has 0 bridgehead atoms. The molecule has 174 valence electrons. The lowest BCUT2D eigenvalue weighted by Crippen LogP contribution is -2.51. The van der Waals surface area contributed by atoms with Crippen molar-refractivity contribution in [3.63, 3.8) is 0 Å². The largest absolute Gasteiger partial charge is 0.416 e. The van der Waals surface area contributed by atoms with Gasteiger partial charge in [0.1, 0.15) is 5.82 Å². The zero-order valence-corrected chi connectivity index (χ0v) is 18.2. The molecule has 0 aliphatic carbocycles. The highest BCUT2D eigenvalue weighted by Crippen LogP contribution is 2.32. The maximum absolute atomic E-state index is 13.1. The number of amides is 1. The van der Waals surface area contributed by atoms with E-state index in [1.165, 1.54) is 11.0 Å². The summed E-state index contributed by atoms with van der Waals surface area (Å²) >= 11 is 0.